The molecule has 34 heavy (non-hydrogen) atoms. The number of aromatic nitrogens is 2. The van der Waals surface area contributed by atoms with Gasteiger partial charge in [-0.3, -0.25) is 0 Å². The minimum Gasteiger partial charge on any atom is -0.488 e. The van der Waals surface area contributed by atoms with Gasteiger partial charge in [0.2, 0.25) is 0 Å². The van der Waals surface area contributed by atoms with Crippen molar-refractivity contribution in [2.24, 2.45) is 0 Å². The van der Waals surface area contributed by atoms with Gasteiger partial charge in [0.15, 0.2) is 0 Å². The lowest BCUT2D eigenvalue weighted by Gasteiger charge is -2.13. The van der Waals surface area contributed by atoms with Crippen LogP contribution in [0.25, 0.3) is 11.2 Å². The third kappa shape index (κ3) is 3.61. The SMILES string of the molecule is CC(C#N)=C1c2ccc(Cc3c(C4CC4)nc4cc(Br)ccn34)cc2COc2cc(F)ccc21. The fraction of sp³-hybridized carbons (Fsp3) is 0.214. The molecule has 0 spiro atoms. The van der Waals surface area contributed by atoms with Gasteiger partial charge in [0.1, 0.15) is 23.8 Å². The highest BCUT2D eigenvalue weighted by Gasteiger charge is 2.30. The molecule has 0 bridgehead atoms. The zero-order valence-electron chi connectivity index (χ0n) is 18.6. The van der Waals surface area contributed by atoms with E-state index in [0.29, 0.717) is 23.8 Å². The molecule has 168 valence electrons. The van der Waals surface area contributed by atoms with Gasteiger partial charge >= 0.3 is 0 Å². The summed E-state index contributed by atoms with van der Waals surface area (Å²) < 4.78 is 23.2. The average molecular weight is 514 g/mol. The van der Waals surface area contributed by atoms with E-state index in [1.165, 1.54) is 36.4 Å². The molecular formula is C28H21BrFN3O. The summed E-state index contributed by atoms with van der Waals surface area (Å²) in [5.74, 6) is 0.645. The van der Waals surface area contributed by atoms with E-state index in [2.05, 4.69) is 56.9 Å². The number of allylic oxidation sites excluding steroid dienone is 1. The lowest BCUT2D eigenvalue weighted by Crippen LogP contribution is -2.02. The van der Waals surface area contributed by atoms with E-state index in [0.717, 1.165) is 44.4 Å². The molecule has 1 fully saturated rings. The highest BCUT2D eigenvalue weighted by Crippen LogP contribution is 2.43. The second kappa shape index (κ2) is 8.11. The van der Waals surface area contributed by atoms with Crippen molar-refractivity contribution in [1.82, 2.24) is 9.38 Å². The fourth-order valence-electron chi connectivity index (χ4n) is 4.84. The van der Waals surface area contributed by atoms with Gasteiger partial charge in [0, 0.05) is 45.8 Å². The standard InChI is InChI=1S/C28H21BrFN3O/c1-16(14-31)27-22-6-2-17(10-19(22)15-34-25-13-21(30)5-7-23(25)27)11-24-28(18-3-4-18)32-26-12-20(29)8-9-33(24)26/h2,5-10,12-13,18H,3-4,11,15H2,1H3. The van der Waals surface area contributed by atoms with Gasteiger partial charge in [-0.2, -0.15) is 5.26 Å². The van der Waals surface area contributed by atoms with E-state index >= 15 is 0 Å². The van der Waals surface area contributed by atoms with E-state index in [1.807, 2.05) is 6.07 Å². The van der Waals surface area contributed by atoms with Crippen LogP contribution in [0.4, 0.5) is 4.39 Å². The van der Waals surface area contributed by atoms with E-state index in [-0.39, 0.29) is 5.82 Å². The van der Waals surface area contributed by atoms with Crippen molar-refractivity contribution in [2.45, 2.75) is 38.7 Å². The fourth-order valence-corrected chi connectivity index (χ4v) is 5.17. The van der Waals surface area contributed by atoms with Crippen molar-refractivity contribution in [3.63, 3.8) is 0 Å². The van der Waals surface area contributed by atoms with E-state index < -0.39 is 0 Å². The summed E-state index contributed by atoms with van der Waals surface area (Å²) in [5, 5.41) is 9.68. The van der Waals surface area contributed by atoms with Gasteiger partial charge in [-0.15, -0.1) is 0 Å². The molecule has 0 atom stereocenters. The Morgan fingerprint density at radius 3 is 2.79 bits per heavy atom. The molecule has 1 saturated carbocycles. The Morgan fingerprint density at radius 2 is 2.00 bits per heavy atom. The highest BCUT2D eigenvalue weighted by atomic mass is 79.9. The highest BCUT2D eigenvalue weighted by molar-refractivity contribution is 9.10. The van der Waals surface area contributed by atoms with Crippen LogP contribution in [0.2, 0.25) is 0 Å². The van der Waals surface area contributed by atoms with E-state index in [9.17, 15) is 9.65 Å². The smallest absolute Gasteiger partial charge is 0.138 e. The molecular weight excluding hydrogens is 493 g/mol. The first-order chi connectivity index (χ1) is 16.5. The molecule has 2 aliphatic rings. The Labute approximate surface area is 205 Å². The molecule has 0 N–H and O–H groups in total. The number of hydrogen-bond donors (Lipinski definition) is 0. The molecule has 0 saturated heterocycles. The van der Waals surface area contributed by atoms with Crippen LogP contribution in [0.5, 0.6) is 5.75 Å². The normalized spacial score (nSPS) is 16.3. The number of hydrogen-bond acceptors (Lipinski definition) is 3. The van der Waals surface area contributed by atoms with Crippen LogP contribution in [0.15, 0.2) is 64.8 Å². The van der Waals surface area contributed by atoms with Gasteiger partial charge < -0.3 is 9.14 Å². The molecule has 1 aliphatic carbocycles. The lowest BCUT2D eigenvalue weighted by atomic mass is 9.89. The molecule has 4 aromatic rings. The summed E-state index contributed by atoms with van der Waals surface area (Å²) in [5.41, 5.74) is 8.58. The maximum Gasteiger partial charge on any atom is 0.138 e. The predicted molar refractivity (Wildman–Crippen MR) is 132 cm³/mol. The largest absolute Gasteiger partial charge is 0.488 e. The Balaban J connectivity index is 1.45. The van der Waals surface area contributed by atoms with Crippen LogP contribution in [0.3, 0.4) is 0 Å². The van der Waals surface area contributed by atoms with Crippen LogP contribution in [-0.2, 0) is 13.0 Å². The summed E-state index contributed by atoms with van der Waals surface area (Å²) in [6.07, 6.45) is 5.20. The van der Waals surface area contributed by atoms with Crippen molar-refractivity contribution >= 4 is 27.2 Å². The maximum absolute atomic E-state index is 13.9. The number of ether oxygens (including phenoxy) is 1. The Morgan fingerprint density at radius 1 is 1.18 bits per heavy atom. The van der Waals surface area contributed by atoms with Crippen LogP contribution in [-0.4, -0.2) is 9.38 Å². The molecule has 6 rings (SSSR count). The van der Waals surface area contributed by atoms with Gasteiger partial charge in [-0.1, -0.05) is 34.1 Å². The number of pyridine rings is 1. The molecule has 0 unspecified atom stereocenters. The van der Waals surface area contributed by atoms with Crippen molar-refractivity contribution in [2.75, 3.05) is 0 Å². The summed E-state index contributed by atoms with van der Waals surface area (Å²) >= 11 is 3.56. The number of benzene rings is 2. The number of rotatable bonds is 3. The van der Waals surface area contributed by atoms with Gasteiger partial charge in [-0.05, 0) is 60.7 Å². The third-order valence-corrected chi connectivity index (χ3v) is 7.12. The van der Waals surface area contributed by atoms with Crippen LogP contribution < -0.4 is 4.74 Å². The first-order valence-corrected chi connectivity index (χ1v) is 12.1. The van der Waals surface area contributed by atoms with E-state index in [4.69, 9.17) is 9.72 Å². The number of nitrogens with zero attached hydrogens (tertiary/aromatic N) is 3. The Kier molecular flexibility index (Phi) is 5.04. The van der Waals surface area contributed by atoms with E-state index in [1.54, 1.807) is 13.0 Å². The molecule has 4 nitrogen and oxygen atoms in total. The number of nitriles is 1. The van der Waals surface area contributed by atoms with Crippen molar-refractivity contribution < 1.29 is 9.13 Å². The van der Waals surface area contributed by atoms with Gasteiger partial charge in [0.05, 0.1) is 17.5 Å². The number of fused-ring (bicyclic) bond motifs is 3. The predicted octanol–water partition coefficient (Wildman–Crippen LogP) is 6.94. The first kappa shape index (κ1) is 21.1. The summed E-state index contributed by atoms with van der Waals surface area (Å²) in [4.78, 5) is 4.95. The molecule has 2 aromatic carbocycles. The number of imidazole rings is 1. The minimum absolute atomic E-state index is 0.317. The molecule has 6 heteroatoms. The number of halogens is 2. The van der Waals surface area contributed by atoms with Crippen molar-refractivity contribution in [1.29, 1.82) is 5.26 Å². The molecule has 3 heterocycles. The second-order valence-corrected chi connectivity index (χ2v) is 9.92. The average Bonchev–Trinajstić information content (AvgIpc) is 3.63. The van der Waals surface area contributed by atoms with Gasteiger partial charge in [-0.25, -0.2) is 9.37 Å². The zero-order valence-corrected chi connectivity index (χ0v) is 20.2. The first-order valence-electron chi connectivity index (χ1n) is 11.3. The molecule has 2 aromatic heterocycles. The maximum atomic E-state index is 13.9. The lowest BCUT2D eigenvalue weighted by molar-refractivity contribution is 0.305. The Bertz CT molecular complexity index is 1540. The molecule has 0 radical (unpaired) electrons. The molecule has 1 aliphatic heterocycles. The van der Waals surface area contributed by atoms with Crippen LogP contribution in [0.1, 0.15) is 59.3 Å². The topological polar surface area (TPSA) is 50.3 Å². The summed E-state index contributed by atoms with van der Waals surface area (Å²) in [6, 6.07) is 17.2. The zero-order chi connectivity index (χ0) is 23.4. The second-order valence-electron chi connectivity index (χ2n) is 9.00. The van der Waals surface area contributed by atoms with Crippen LogP contribution >= 0.6 is 15.9 Å². The minimum atomic E-state index is -0.355. The van der Waals surface area contributed by atoms with Gasteiger partial charge in [0.25, 0.3) is 0 Å². The van der Waals surface area contributed by atoms with Crippen molar-refractivity contribution in [3.05, 3.63) is 104 Å². The monoisotopic (exact) mass is 513 g/mol. The third-order valence-electron chi connectivity index (χ3n) is 6.63. The van der Waals surface area contributed by atoms with Crippen LogP contribution in [0, 0.1) is 17.1 Å². The summed E-state index contributed by atoms with van der Waals surface area (Å²) in [7, 11) is 0. The quantitative estimate of drug-likeness (QED) is 0.278. The molecule has 0 amide bonds. The summed E-state index contributed by atoms with van der Waals surface area (Å²) in [6.45, 7) is 2.11. The van der Waals surface area contributed by atoms with Crippen molar-refractivity contribution in [3.8, 4) is 11.8 Å². The Hall–Kier alpha value is -3.43.